The van der Waals surface area contributed by atoms with E-state index in [1.807, 2.05) is 4.98 Å². The van der Waals surface area contributed by atoms with Gasteiger partial charge in [-0.3, -0.25) is 14.3 Å². The molecule has 2 rings (SSSR count). The normalized spacial score (nSPS) is 33.6. The Morgan fingerprint density at radius 3 is 2.65 bits per heavy atom. The molecular formula is C9H12N2O6. The largest absolute Gasteiger partial charge is 0.388 e. The van der Waals surface area contributed by atoms with Gasteiger partial charge in [-0.1, -0.05) is 0 Å². The minimum absolute atomic E-state index is 0.214. The third-order valence-corrected chi connectivity index (χ3v) is 2.60. The summed E-state index contributed by atoms with van der Waals surface area (Å²) in [5, 5.41) is 28.4. The van der Waals surface area contributed by atoms with Gasteiger partial charge in [-0.15, -0.1) is 0 Å². The Bertz CT molecular complexity index is 509. The molecule has 1 aromatic rings. The number of aromatic nitrogens is 2. The van der Waals surface area contributed by atoms with Crippen molar-refractivity contribution in [3.8, 4) is 0 Å². The number of aromatic amines is 1. The van der Waals surface area contributed by atoms with E-state index in [4.69, 9.17) is 4.74 Å². The molecule has 2 heterocycles. The fourth-order valence-electron chi connectivity index (χ4n) is 1.66. The van der Waals surface area contributed by atoms with Gasteiger partial charge in [0, 0.05) is 12.3 Å². The summed E-state index contributed by atoms with van der Waals surface area (Å²) in [6, 6.07) is 1.09. The summed E-state index contributed by atoms with van der Waals surface area (Å²) >= 11 is 0. The number of hydrogen-bond donors (Lipinski definition) is 4. The van der Waals surface area contributed by atoms with Crippen molar-refractivity contribution in [2.45, 2.75) is 24.5 Å². The SMILES string of the molecule is O=c1ccn(C2OC[C@@H](O)[C@@H](O)[C@H]2O)c(=O)[nH]1. The topological polar surface area (TPSA) is 125 Å². The van der Waals surface area contributed by atoms with Crippen molar-refractivity contribution in [3.63, 3.8) is 0 Å². The van der Waals surface area contributed by atoms with E-state index in [2.05, 4.69) is 0 Å². The minimum atomic E-state index is -1.46. The summed E-state index contributed by atoms with van der Waals surface area (Å²) in [5.74, 6) is 0. The maximum Gasteiger partial charge on any atom is 0.330 e. The van der Waals surface area contributed by atoms with Gasteiger partial charge >= 0.3 is 5.69 Å². The van der Waals surface area contributed by atoms with E-state index < -0.39 is 35.8 Å². The quantitative estimate of drug-likeness (QED) is 0.421. The molecule has 1 aliphatic heterocycles. The standard InChI is InChI=1S/C9H12N2O6/c12-4-3-17-8(7(15)6(4)14)11-2-1-5(13)10-9(11)16/h1-2,4,6-8,12,14-15H,3H2,(H,10,13,16)/t4-,6-,7-,8?/m1/s1. The summed E-state index contributed by atoms with van der Waals surface area (Å²) in [6.45, 7) is -0.214. The molecule has 8 heteroatoms. The van der Waals surface area contributed by atoms with Crippen molar-refractivity contribution in [2.75, 3.05) is 6.61 Å². The fourth-order valence-corrected chi connectivity index (χ4v) is 1.66. The predicted octanol–water partition coefficient (Wildman–Crippen LogP) is -2.85. The molecular weight excluding hydrogens is 232 g/mol. The first-order valence-electron chi connectivity index (χ1n) is 4.98. The van der Waals surface area contributed by atoms with Gasteiger partial charge in [0.1, 0.15) is 18.3 Å². The highest BCUT2D eigenvalue weighted by molar-refractivity contribution is 4.90. The molecule has 94 valence electrons. The number of nitrogens with one attached hydrogen (secondary N) is 1. The van der Waals surface area contributed by atoms with Crippen molar-refractivity contribution in [1.82, 2.24) is 9.55 Å². The van der Waals surface area contributed by atoms with Crippen LogP contribution >= 0.6 is 0 Å². The molecule has 4 N–H and O–H groups in total. The smallest absolute Gasteiger partial charge is 0.330 e. The van der Waals surface area contributed by atoms with Crippen LogP contribution in [-0.2, 0) is 4.74 Å². The van der Waals surface area contributed by atoms with Crippen LogP contribution in [0.25, 0.3) is 0 Å². The molecule has 1 fully saturated rings. The average molecular weight is 244 g/mol. The molecule has 0 aliphatic carbocycles. The molecule has 0 aromatic carbocycles. The van der Waals surface area contributed by atoms with E-state index in [0.717, 1.165) is 16.8 Å². The number of hydrogen-bond acceptors (Lipinski definition) is 6. The highest BCUT2D eigenvalue weighted by atomic mass is 16.5. The first-order chi connectivity index (χ1) is 8.00. The van der Waals surface area contributed by atoms with E-state index in [9.17, 15) is 24.9 Å². The average Bonchev–Trinajstić information content (AvgIpc) is 2.28. The van der Waals surface area contributed by atoms with Crippen LogP contribution in [0, 0.1) is 0 Å². The molecule has 0 spiro atoms. The Morgan fingerprint density at radius 2 is 2.00 bits per heavy atom. The lowest BCUT2D eigenvalue weighted by Crippen LogP contribution is -2.52. The Morgan fingerprint density at radius 1 is 1.29 bits per heavy atom. The first-order valence-corrected chi connectivity index (χ1v) is 4.98. The molecule has 8 nitrogen and oxygen atoms in total. The zero-order valence-electron chi connectivity index (χ0n) is 8.68. The van der Waals surface area contributed by atoms with Crippen LogP contribution in [0.15, 0.2) is 21.9 Å². The fraction of sp³-hybridized carbons (Fsp3) is 0.556. The monoisotopic (exact) mass is 244 g/mol. The van der Waals surface area contributed by atoms with Crippen LogP contribution in [-0.4, -0.2) is 49.8 Å². The molecule has 0 saturated carbocycles. The number of aliphatic hydroxyl groups excluding tert-OH is 3. The summed E-state index contributed by atoms with van der Waals surface area (Å²) in [4.78, 5) is 24.3. The van der Waals surface area contributed by atoms with Gasteiger partial charge in [-0.05, 0) is 0 Å². The van der Waals surface area contributed by atoms with Gasteiger partial charge in [0.25, 0.3) is 5.56 Å². The van der Waals surface area contributed by atoms with Crippen molar-refractivity contribution in [3.05, 3.63) is 33.1 Å². The molecule has 1 aromatic heterocycles. The zero-order chi connectivity index (χ0) is 12.6. The van der Waals surface area contributed by atoms with Gasteiger partial charge in [-0.2, -0.15) is 0 Å². The number of ether oxygens (including phenoxy) is 1. The zero-order valence-corrected chi connectivity index (χ0v) is 8.68. The highest BCUT2D eigenvalue weighted by Crippen LogP contribution is 2.22. The van der Waals surface area contributed by atoms with Crippen molar-refractivity contribution < 1.29 is 20.1 Å². The molecule has 0 amide bonds. The Hall–Kier alpha value is -1.48. The summed E-state index contributed by atoms with van der Waals surface area (Å²) in [5.41, 5.74) is -1.33. The summed E-state index contributed by atoms with van der Waals surface area (Å²) in [7, 11) is 0. The maximum absolute atomic E-state index is 11.4. The molecule has 1 aliphatic rings. The maximum atomic E-state index is 11.4. The number of aliphatic hydroxyl groups is 3. The molecule has 17 heavy (non-hydrogen) atoms. The summed E-state index contributed by atoms with van der Waals surface area (Å²) in [6.07, 6.45) is -4.06. The van der Waals surface area contributed by atoms with Crippen LogP contribution in [0.2, 0.25) is 0 Å². The lowest BCUT2D eigenvalue weighted by molar-refractivity contribution is -0.212. The Kier molecular flexibility index (Phi) is 3.11. The highest BCUT2D eigenvalue weighted by Gasteiger charge is 2.38. The number of rotatable bonds is 1. The minimum Gasteiger partial charge on any atom is -0.388 e. The lowest BCUT2D eigenvalue weighted by atomic mass is 10.0. The lowest BCUT2D eigenvalue weighted by Gasteiger charge is -2.35. The third kappa shape index (κ3) is 2.15. The second-order valence-corrected chi connectivity index (χ2v) is 3.79. The van der Waals surface area contributed by atoms with E-state index in [-0.39, 0.29) is 6.61 Å². The number of H-pyrrole nitrogens is 1. The van der Waals surface area contributed by atoms with Gasteiger partial charge in [0.05, 0.1) is 6.61 Å². The van der Waals surface area contributed by atoms with Crippen LogP contribution < -0.4 is 11.2 Å². The van der Waals surface area contributed by atoms with Gasteiger partial charge in [-0.25, -0.2) is 4.79 Å². The second-order valence-electron chi connectivity index (χ2n) is 3.79. The van der Waals surface area contributed by atoms with E-state index in [1.54, 1.807) is 0 Å². The molecule has 1 unspecified atom stereocenters. The molecule has 1 saturated heterocycles. The second kappa shape index (κ2) is 4.41. The van der Waals surface area contributed by atoms with Crippen LogP contribution in [0.3, 0.4) is 0 Å². The first kappa shape index (κ1) is 12.0. The van der Waals surface area contributed by atoms with Gasteiger partial charge < -0.3 is 20.1 Å². The molecule has 0 radical (unpaired) electrons. The Balaban J connectivity index is 2.34. The van der Waals surface area contributed by atoms with Crippen LogP contribution in [0.1, 0.15) is 6.23 Å². The van der Waals surface area contributed by atoms with Crippen molar-refractivity contribution in [1.29, 1.82) is 0 Å². The summed E-state index contributed by atoms with van der Waals surface area (Å²) < 4.78 is 6.01. The van der Waals surface area contributed by atoms with Crippen molar-refractivity contribution in [2.24, 2.45) is 0 Å². The predicted molar refractivity (Wildman–Crippen MR) is 54.3 cm³/mol. The van der Waals surface area contributed by atoms with Crippen molar-refractivity contribution >= 4 is 0 Å². The van der Waals surface area contributed by atoms with Gasteiger partial charge in [0.15, 0.2) is 6.23 Å². The van der Waals surface area contributed by atoms with E-state index >= 15 is 0 Å². The Labute approximate surface area is 94.7 Å². The van der Waals surface area contributed by atoms with Crippen LogP contribution in [0.5, 0.6) is 0 Å². The van der Waals surface area contributed by atoms with E-state index in [0.29, 0.717) is 0 Å². The van der Waals surface area contributed by atoms with Crippen LogP contribution in [0.4, 0.5) is 0 Å². The molecule has 4 atom stereocenters. The molecule has 0 bridgehead atoms. The third-order valence-electron chi connectivity index (χ3n) is 2.60. The number of nitrogens with zero attached hydrogens (tertiary/aromatic N) is 1. The van der Waals surface area contributed by atoms with E-state index in [1.165, 1.54) is 0 Å². The van der Waals surface area contributed by atoms with Gasteiger partial charge in [0.2, 0.25) is 0 Å².